The zero-order valence-corrected chi connectivity index (χ0v) is 18.0. The SMILES string of the molecule is CC[C@H]1CC2C3CCC(CCCOC#N)C3(C)CC[C@@H]2C2(C)CCCCC12. The van der Waals surface area contributed by atoms with Crippen LogP contribution in [0.5, 0.6) is 0 Å². The summed E-state index contributed by atoms with van der Waals surface area (Å²) in [6, 6.07) is 0. The van der Waals surface area contributed by atoms with Gasteiger partial charge in [0, 0.05) is 0 Å². The summed E-state index contributed by atoms with van der Waals surface area (Å²) in [5.74, 6) is 5.83. The first-order valence-electron chi connectivity index (χ1n) is 12.1. The van der Waals surface area contributed by atoms with Crippen molar-refractivity contribution in [2.45, 2.75) is 97.8 Å². The van der Waals surface area contributed by atoms with Crippen LogP contribution in [-0.2, 0) is 4.74 Å². The molecule has 0 aromatic rings. The first-order valence-corrected chi connectivity index (χ1v) is 12.1. The Morgan fingerprint density at radius 1 is 0.963 bits per heavy atom. The van der Waals surface area contributed by atoms with Crippen LogP contribution in [0.1, 0.15) is 97.8 Å². The van der Waals surface area contributed by atoms with E-state index in [1.807, 2.05) is 6.26 Å². The highest BCUT2D eigenvalue weighted by Crippen LogP contribution is 2.69. The maximum atomic E-state index is 8.62. The van der Waals surface area contributed by atoms with Crippen molar-refractivity contribution in [1.29, 1.82) is 5.26 Å². The maximum Gasteiger partial charge on any atom is 0.286 e. The number of nitriles is 1. The van der Waals surface area contributed by atoms with E-state index in [9.17, 15) is 0 Å². The van der Waals surface area contributed by atoms with E-state index in [1.165, 1.54) is 70.6 Å². The van der Waals surface area contributed by atoms with Gasteiger partial charge >= 0.3 is 0 Å². The molecule has 2 nitrogen and oxygen atoms in total. The van der Waals surface area contributed by atoms with Crippen LogP contribution in [0.3, 0.4) is 0 Å². The van der Waals surface area contributed by atoms with E-state index < -0.39 is 0 Å². The van der Waals surface area contributed by atoms with Crippen molar-refractivity contribution < 1.29 is 4.74 Å². The van der Waals surface area contributed by atoms with Crippen LogP contribution in [0.4, 0.5) is 0 Å². The van der Waals surface area contributed by atoms with Crippen molar-refractivity contribution in [1.82, 2.24) is 0 Å². The first-order chi connectivity index (χ1) is 13.0. The van der Waals surface area contributed by atoms with E-state index in [4.69, 9.17) is 10.00 Å². The molecule has 0 amide bonds. The van der Waals surface area contributed by atoms with Gasteiger partial charge in [0.05, 0.1) is 0 Å². The minimum absolute atomic E-state index is 0.559. The number of fused-ring (bicyclic) bond motifs is 5. The molecular weight excluding hydrogens is 330 g/mol. The topological polar surface area (TPSA) is 33.0 Å². The van der Waals surface area contributed by atoms with E-state index in [0.29, 0.717) is 17.4 Å². The van der Waals surface area contributed by atoms with Crippen LogP contribution in [0.25, 0.3) is 0 Å². The van der Waals surface area contributed by atoms with Crippen molar-refractivity contribution in [3.63, 3.8) is 0 Å². The third-order valence-electron chi connectivity index (χ3n) is 10.3. The van der Waals surface area contributed by atoms with Crippen molar-refractivity contribution >= 4 is 0 Å². The van der Waals surface area contributed by atoms with Gasteiger partial charge in [-0.2, -0.15) is 5.26 Å². The molecule has 0 aliphatic heterocycles. The van der Waals surface area contributed by atoms with E-state index >= 15 is 0 Å². The molecule has 4 rings (SSSR count). The van der Waals surface area contributed by atoms with Gasteiger partial charge in [0.15, 0.2) is 0 Å². The van der Waals surface area contributed by atoms with Gasteiger partial charge in [-0.25, -0.2) is 0 Å². The number of hydrogen-bond donors (Lipinski definition) is 0. The fraction of sp³-hybridized carbons (Fsp3) is 0.960. The lowest BCUT2D eigenvalue weighted by Gasteiger charge is -2.62. The second-order valence-corrected chi connectivity index (χ2v) is 11.0. The van der Waals surface area contributed by atoms with Gasteiger partial charge < -0.3 is 4.74 Å². The highest BCUT2D eigenvalue weighted by molar-refractivity contribution is 5.10. The Kier molecular flexibility index (Phi) is 5.52. The Labute approximate surface area is 167 Å². The Hall–Kier alpha value is -0.710. The predicted molar refractivity (Wildman–Crippen MR) is 110 cm³/mol. The molecule has 6 unspecified atom stereocenters. The normalized spacial score (nSPS) is 48.8. The minimum Gasteiger partial charge on any atom is -0.428 e. The quantitative estimate of drug-likeness (QED) is 0.387. The molecular formula is C25H41NO. The molecule has 4 fully saturated rings. The van der Waals surface area contributed by atoms with Crippen LogP contribution in [0, 0.1) is 57.9 Å². The molecule has 0 N–H and O–H groups in total. The Morgan fingerprint density at radius 3 is 2.56 bits per heavy atom. The fourth-order valence-corrected chi connectivity index (χ4v) is 9.05. The molecule has 8 atom stereocenters. The van der Waals surface area contributed by atoms with Crippen molar-refractivity contribution in [3.05, 3.63) is 0 Å². The number of ether oxygens (including phenoxy) is 1. The van der Waals surface area contributed by atoms with Gasteiger partial charge in [-0.05, 0) is 104 Å². The third-order valence-corrected chi connectivity index (χ3v) is 10.3. The van der Waals surface area contributed by atoms with Gasteiger partial charge in [0.25, 0.3) is 6.26 Å². The smallest absolute Gasteiger partial charge is 0.286 e. The van der Waals surface area contributed by atoms with Crippen molar-refractivity contribution in [2.75, 3.05) is 6.61 Å². The molecule has 2 heteroatoms. The molecule has 152 valence electrons. The van der Waals surface area contributed by atoms with E-state index in [-0.39, 0.29) is 0 Å². The lowest BCUT2D eigenvalue weighted by molar-refractivity contribution is -0.135. The predicted octanol–water partition coefficient (Wildman–Crippen LogP) is 6.95. The average molecular weight is 372 g/mol. The Balaban J connectivity index is 1.52. The van der Waals surface area contributed by atoms with Crippen LogP contribution < -0.4 is 0 Å². The molecule has 0 radical (unpaired) electrons. The summed E-state index contributed by atoms with van der Waals surface area (Å²) in [4.78, 5) is 0. The fourth-order valence-electron chi connectivity index (χ4n) is 9.05. The summed E-state index contributed by atoms with van der Waals surface area (Å²) in [5.41, 5.74) is 1.20. The highest BCUT2D eigenvalue weighted by atomic mass is 16.5. The van der Waals surface area contributed by atoms with Gasteiger partial charge in [0.2, 0.25) is 0 Å². The first kappa shape index (κ1) is 19.6. The summed E-state index contributed by atoms with van der Waals surface area (Å²) in [6.45, 7) is 8.45. The molecule has 0 saturated heterocycles. The lowest BCUT2D eigenvalue weighted by atomic mass is 9.42. The average Bonchev–Trinajstić information content (AvgIpc) is 3.00. The molecule has 0 spiro atoms. The van der Waals surface area contributed by atoms with Crippen LogP contribution in [0.15, 0.2) is 0 Å². The van der Waals surface area contributed by atoms with E-state index in [2.05, 4.69) is 20.8 Å². The molecule has 4 aliphatic carbocycles. The second-order valence-electron chi connectivity index (χ2n) is 11.0. The maximum absolute atomic E-state index is 8.62. The molecule has 0 aromatic carbocycles. The van der Waals surface area contributed by atoms with E-state index in [1.54, 1.807) is 0 Å². The summed E-state index contributed by atoms with van der Waals surface area (Å²) in [5, 5.41) is 8.62. The summed E-state index contributed by atoms with van der Waals surface area (Å²) < 4.78 is 4.95. The second kappa shape index (κ2) is 7.61. The summed E-state index contributed by atoms with van der Waals surface area (Å²) >= 11 is 0. The molecule has 0 aromatic heterocycles. The molecule has 0 heterocycles. The standard InChI is InChI=1S/C25H41NO/c1-4-18-16-20-22-11-10-19(8-7-15-27-17-26)24(22,2)14-12-23(20)25(3)13-6-5-9-21(18)25/h18-23H,4-16H2,1-3H3/t18-,19?,20?,21?,22?,23-,24?,25?/m0/s1. The highest BCUT2D eigenvalue weighted by Gasteiger charge is 2.60. The monoisotopic (exact) mass is 371 g/mol. The van der Waals surface area contributed by atoms with Gasteiger partial charge in [-0.1, -0.05) is 40.0 Å². The number of rotatable bonds is 5. The summed E-state index contributed by atoms with van der Waals surface area (Å²) in [7, 11) is 0. The molecule has 0 bridgehead atoms. The van der Waals surface area contributed by atoms with Crippen LogP contribution >= 0.6 is 0 Å². The van der Waals surface area contributed by atoms with Crippen molar-refractivity contribution in [2.24, 2.45) is 46.3 Å². The molecule has 4 saturated carbocycles. The van der Waals surface area contributed by atoms with Gasteiger partial charge in [-0.15, -0.1) is 0 Å². The zero-order valence-electron chi connectivity index (χ0n) is 18.0. The van der Waals surface area contributed by atoms with Crippen LogP contribution in [0.2, 0.25) is 0 Å². The zero-order chi connectivity index (χ0) is 19.1. The number of hydrogen-bond acceptors (Lipinski definition) is 2. The minimum atomic E-state index is 0.559. The Bertz CT molecular complexity index is 567. The van der Waals surface area contributed by atoms with Crippen LogP contribution in [-0.4, -0.2) is 6.61 Å². The van der Waals surface area contributed by atoms with E-state index in [0.717, 1.165) is 41.9 Å². The Morgan fingerprint density at radius 2 is 1.78 bits per heavy atom. The largest absolute Gasteiger partial charge is 0.428 e. The third kappa shape index (κ3) is 3.12. The van der Waals surface area contributed by atoms with Crippen molar-refractivity contribution in [3.8, 4) is 6.26 Å². The number of nitrogens with zero attached hydrogens (tertiary/aromatic N) is 1. The van der Waals surface area contributed by atoms with Gasteiger partial charge in [-0.3, -0.25) is 0 Å². The molecule has 27 heavy (non-hydrogen) atoms. The lowest BCUT2D eigenvalue weighted by Crippen LogP contribution is -2.55. The molecule has 4 aliphatic rings. The summed E-state index contributed by atoms with van der Waals surface area (Å²) in [6.07, 6.45) is 18.9. The van der Waals surface area contributed by atoms with Gasteiger partial charge in [0.1, 0.15) is 6.61 Å².